The third-order valence-corrected chi connectivity index (χ3v) is 7.23. The minimum absolute atomic E-state index is 0.0445. The van der Waals surface area contributed by atoms with Crippen LogP contribution in [0.25, 0.3) is 17.4 Å². The van der Waals surface area contributed by atoms with E-state index in [1.807, 2.05) is 36.4 Å². The summed E-state index contributed by atoms with van der Waals surface area (Å²) in [4.78, 5) is 31.9. The van der Waals surface area contributed by atoms with Crippen molar-refractivity contribution in [2.75, 3.05) is 13.7 Å². The van der Waals surface area contributed by atoms with Gasteiger partial charge in [0, 0.05) is 16.7 Å². The van der Waals surface area contributed by atoms with Gasteiger partial charge in [-0.1, -0.05) is 59.9 Å². The smallest absolute Gasteiger partial charge is 0.338 e. The quantitative estimate of drug-likeness (QED) is 0.243. The Bertz CT molecular complexity index is 1740. The second-order valence-corrected chi connectivity index (χ2v) is 9.90. The number of fused-ring (bicyclic) bond motifs is 1. The van der Waals surface area contributed by atoms with Crippen molar-refractivity contribution >= 4 is 35.0 Å². The Morgan fingerprint density at radius 1 is 1.21 bits per heavy atom. The Morgan fingerprint density at radius 3 is 2.71 bits per heavy atom. The van der Waals surface area contributed by atoms with E-state index in [2.05, 4.69) is 11.6 Å². The molecule has 0 saturated carbocycles. The molecule has 1 atom stereocenters. The van der Waals surface area contributed by atoms with Crippen LogP contribution in [0.1, 0.15) is 24.3 Å². The van der Waals surface area contributed by atoms with Gasteiger partial charge in [0.15, 0.2) is 4.80 Å². The molecule has 5 rings (SSSR count). The third-order valence-electron chi connectivity index (χ3n) is 6.01. The first-order valence-electron chi connectivity index (χ1n) is 11.7. The zero-order valence-corrected chi connectivity index (χ0v) is 22.2. The maximum Gasteiger partial charge on any atom is 0.338 e. The lowest BCUT2D eigenvalue weighted by Crippen LogP contribution is -2.39. The molecule has 0 N–H and O–H groups in total. The van der Waals surface area contributed by atoms with Crippen LogP contribution in [0.3, 0.4) is 0 Å². The molecule has 9 heteroatoms. The van der Waals surface area contributed by atoms with E-state index in [9.17, 15) is 9.59 Å². The van der Waals surface area contributed by atoms with E-state index in [-0.39, 0.29) is 17.7 Å². The van der Waals surface area contributed by atoms with Crippen molar-refractivity contribution in [1.82, 2.24) is 4.57 Å². The van der Waals surface area contributed by atoms with Crippen LogP contribution in [0.2, 0.25) is 5.02 Å². The molecule has 0 fully saturated rings. The number of methoxy groups -OCH3 is 1. The maximum absolute atomic E-state index is 13.7. The number of benzene rings is 2. The number of nitrogens with zero attached hydrogens (tertiary/aromatic N) is 2. The molecule has 0 radical (unpaired) electrons. The summed E-state index contributed by atoms with van der Waals surface area (Å²) < 4.78 is 18.6. The third kappa shape index (κ3) is 4.88. The fourth-order valence-electron chi connectivity index (χ4n) is 4.25. The lowest BCUT2D eigenvalue weighted by Gasteiger charge is -2.24. The molecule has 0 saturated heterocycles. The predicted octanol–water partition coefficient (Wildman–Crippen LogP) is 4.89. The largest absolute Gasteiger partial charge is 0.497 e. The molecular formula is C29H23ClN2O5S. The molecule has 38 heavy (non-hydrogen) atoms. The molecule has 192 valence electrons. The van der Waals surface area contributed by atoms with Crippen molar-refractivity contribution in [2.45, 2.75) is 13.0 Å². The Labute approximate surface area is 227 Å². The minimum Gasteiger partial charge on any atom is -0.497 e. The molecule has 0 amide bonds. The monoisotopic (exact) mass is 546 g/mol. The maximum atomic E-state index is 13.7. The lowest BCUT2D eigenvalue weighted by atomic mass is 9.96. The molecule has 3 heterocycles. The molecule has 0 bridgehead atoms. The molecular weight excluding hydrogens is 524 g/mol. The summed E-state index contributed by atoms with van der Waals surface area (Å²) in [5.41, 5.74) is 2.03. The van der Waals surface area contributed by atoms with Crippen molar-refractivity contribution in [1.29, 1.82) is 0 Å². The zero-order chi connectivity index (χ0) is 26.8. The van der Waals surface area contributed by atoms with Gasteiger partial charge in [0.2, 0.25) is 0 Å². The van der Waals surface area contributed by atoms with Crippen LogP contribution in [-0.2, 0) is 9.53 Å². The van der Waals surface area contributed by atoms with E-state index in [1.54, 1.807) is 44.4 Å². The molecule has 1 aliphatic heterocycles. The topological polar surface area (TPSA) is 83.0 Å². The summed E-state index contributed by atoms with van der Waals surface area (Å²) in [6, 6.07) is 17.4. The summed E-state index contributed by atoms with van der Waals surface area (Å²) in [5.74, 6) is 1.24. The first kappa shape index (κ1) is 25.5. The summed E-state index contributed by atoms with van der Waals surface area (Å²) in [6.07, 6.45) is 3.17. The van der Waals surface area contributed by atoms with Crippen molar-refractivity contribution < 1.29 is 18.7 Å². The molecule has 1 aliphatic rings. The molecule has 7 nitrogen and oxygen atoms in total. The van der Waals surface area contributed by atoms with Gasteiger partial charge < -0.3 is 13.9 Å². The van der Waals surface area contributed by atoms with Gasteiger partial charge in [-0.2, -0.15) is 0 Å². The van der Waals surface area contributed by atoms with Gasteiger partial charge in [0.25, 0.3) is 5.56 Å². The first-order valence-corrected chi connectivity index (χ1v) is 12.9. The van der Waals surface area contributed by atoms with Crippen LogP contribution in [0, 0.1) is 0 Å². The van der Waals surface area contributed by atoms with Crippen molar-refractivity contribution in [2.24, 2.45) is 4.99 Å². The average Bonchev–Trinajstić information content (AvgIpc) is 3.51. The second-order valence-electron chi connectivity index (χ2n) is 8.45. The van der Waals surface area contributed by atoms with Crippen LogP contribution in [-0.4, -0.2) is 24.3 Å². The minimum atomic E-state index is -0.727. The zero-order valence-electron chi connectivity index (χ0n) is 20.6. The van der Waals surface area contributed by atoms with Gasteiger partial charge in [-0.3, -0.25) is 9.36 Å². The Balaban J connectivity index is 1.62. The number of hydrogen-bond acceptors (Lipinski definition) is 7. The highest BCUT2D eigenvalue weighted by atomic mass is 35.5. The highest BCUT2D eigenvalue weighted by Gasteiger charge is 2.33. The Kier molecular flexibility index (Phi) is 7.18. The highest BCUT2D eigenvalue weighted by molar-refractivity contribution is 7.07. The highest BCUT2D eigenvalue weighted by Crippen LogP contribution is 2.32. The molecule has 2 aromatic carbocycles. The number of esters is 1. The molecule has 0 spiro atoms. The predicted molar refractivity (Wildman–Crippen MR) is 147 cm³/mol. The van der Waals surface area contributed by atoms with Crippen LogP contribution >= 0.6 is 22.9 Å². The average molecular weight is 547 g/mol. The van der Waals surface area contributed by atoms with Crippen molar-refractivity contribution in [3.8, 4) is 17.1 Å². The Morgan fingerprint density at radius 2 is 2.00 bits per heavy atom. The second kappa shape index (κ2) is 10.7. The number of ether oxygens (including phenoxy) is 2. The van der Waals surface area contributed by atoms with E-state index in [4.69, 9.17) is 25.5 Å². The first-order chi connectivity index (χ1) is 18.4. The van der Waals surface area contributed by atoms with Gasteiger partial charge in [-0.25, -0.2) is 9.79 Å². The van der Waals surface area contributed by atoms with Crippen molar-refractivity contribution in [3.63, 3.8) is 0 Å². The Hall–Kier alpha value is -4.14. The summed E-state index contributed by atoms with van der Waals surface area (Å²) in [7, 11) is 1.58. The number of hydrogen-bond donors (Lipinski definition) is 0. The normalized spacial score (nSPS) is 15.1. The van der Waals surface area contributed by atoms with Gasteiger partial charge in [0.1, 0.15) is 23.9 Å². The van der Waals surface area contributed by atoms with E-state index in [0.717, 1.165) is 11.1 Å². The van der Waals surface area contributed by atoms with Crippen LogP contribution in [0.15, 0.2) is 98.8 Å². The number of aromatic nitrogens is 1. The van der Waals surface area contributed by atoms with Gasteiger partial charge in [0.05, 0.1) is 29.0 Å². The number of rotatable bonds is 7. The summed E-state index contributed by atoms with van der Waals surface area (Å²) >= 11 is 7.34. The molecule has 0 aliphatic carbocycles. The van der Waals surface area contributed by atoms with Crippen LogP contribution < -0.4 is 19.6 Å². The molecule has 1 unspecified atom stereocenters. The van der Waals surface area contributed by atoms with Crippen molar-refractivity contribution in [3.05, 3.63) is 121 Å². The van der Waals surface area contributed by atoms with E-state index in [0.29, 0.717) is 37.3 Å². The standard InChI is InChI=1S/C29H23ClN2O5S/c1-4-14-36-28(34)25-17(2)31-29-32(26(25)18-8-10-21(35-3)11-9-18)27(33)24(38-29)16-22-12-13-23(37-22)19-6-5-7-20(30)15-19/h4-13,15-16,26H,1,14H2,2-3H3/b24-16+. The fraction of sp³-hybridized carbons (Fsp3) is 0.138. The van der Waals surface area contributed by atoms with E-state index >= 15 is 0 Å². The van der Waals surface area contributed by atoms with Crippen LogP contribution in [0.5, 0.6) is 5.75 Å². The number of carbonyl (C=O) groups excluding carboxylic acids is 1. The van der Waals surface area contributed by atoms with Crippen LogP contribution in [0.4, 0.5) is 0 Å². The SMILES string of the molecule is C=CCOC(=O)C1=C(C)N=c2s/c(=C/c3ccc(-c4cccc(Cl)c4)o3)c(=O)n2C1c1ccc(OC)cc1. The number of allylic oxidation sites excluding steroid dienone is 1. The fourth-order valence-corrected chi connectivity index (χ4v) is 5.47. The molecule has 2 aromatic heterocycles. The number of carbonyl (C=O) groups is 1. The van der Waals surface area contributed by atoms with E-state index in [1.165, 1.54) is 22.0 Å². The molecule has 4 aromatic rings. The summed E-state index contributed by atoms with van der Waals surface area (Å²) in [6.45, 7) is 5.39. The number of thiazole rings is 1. The number of halogens is 1. The van der Waals surface area contributed by atoms with Gasteiger partial charge in [-0.15, -0.1) is 0 Å². The van der Waals surface area contributed by atoms with Gasteiger partial charge in [-0.05, 0) is 48.9 Å². The number of furan rings is 1. The lowest BCUT2D eigenvalue weighted by molar-refractivity contribution is -0.138. The van der Waals surface area contributed by atoms with Gasteiger partial charge >= 0.3 is 5.97 Å². The van der Waals surface area contributed by atoms with E-state index < -0.39 is 12.0 Å². The summed E-state index contributed by atoms with van der Waals surface area (Å²) in [5, 5.41) is 0.602.